The van der Waals surface area contributed by atoms with E-state index in [-0.39, 0.29) is 29.8 Å². The average molecular weight is 479 g/mol. The molecule has 3 N–H and O–H groups in total. The highest BCUT2D eigenvalue weighted by Crippen LogP contribution is 2.37. The molecule has 2 saturated carbocycles. The molecule has 2 aliphatic carbocycles. The number of nitrogens with zero attached hydrogens (tertiary/aromatic N) is 6. The van der Waals surface area contributed by atoms with Gasteiger partial charge in [0, 0.05) is 31.1 Å². The zero-order valence-electron chi connectivity index (χ0n) is 19.6. The lowest BCUT2D eigenvalue weighted by Gasteiger charge is -2.33. The number of piperidine rings is 1. The number of ether oxygens (including phenoxy) is 2. The standard InChI is InChI=1S/C24H30N8O3/c25-10-16-8-17(16)13-35-24-30-19(23(33)29-18-2-1-3-18)9-21(31-24)32-6-4-15(5-7-32)12-34-20-11-27-14-28-22(20)26/h9,11,14-18H,1-8,12-13H2,(H,29,33)(H2,26,27,28)/t16?,17-/m1/s1. The van der Waals surface area contributed by atoms with Gasteiger partial charge in [-0.1, -0.05) is 0 Å². The topological polar surface area (TPSA) is 152 Å². The molecule has 1 saturated heterocycles. The third-order valence-corrected chi connectivity index (χ3v) is 7.00. The summed E-state index contributed by atoms with van der Waals surface area (Å²) in [5.41, 5.74) is 6.15. The molecule has 2 atom stereocenters. The first-order chi connectivity index (χ1) is 17.1. The van der Waals surface area contributed by atoms with Crippen LogP contribution >= 0.6 is 0 Å². The summed E-state index contributed by atoms with van der Waals surface area (Å²) in [5, 5.41) is 12.1. The summed E-state index contributed by atoms with van der Waals surface area (Å²) in [5.74, 6) is 1.94. The summed E-state index contributed by atoms with van der Waals surface area (Å²) in [6.45, 7) is 2.47. The van der Waals surface area contributed by atoms with E-state index in [9.17, 15) is 4.79 Å². The maximum Gasteiger partial charge on any atom is 0.319 e. The second kappa shape index (κ2) is 10.3. The van der Waals surface area contributed by atoms with Crippen molar-refractivity contribution in [2.24, 2.45) is 17.8 Å². The Balaban J connectivity index is 1.22. The Morgan fingerprint density at radius 2 is 2.03 bits per heavy atom. The van der Waals surface area contributed by atoms with Gasteiger partial charge in [0.1, 0.15) is 17.8 Å². The highest BCUT2D eigenvalue weighted by Gasteiger charge is 2.38. The van der Waals surface area contributed by atoms with Crippen LogP contribution in [0.3, 0.4) is 0 Å². The predicted octanol–water partition coefficient (Wildman–Crippen LogP) is 1.96. The predicted molar refractivity (Wildman–Crippen MR) is 127 cm³/mol. The number of hydrogen-bond donors (Lipinski definition) is 2. The van der Waals surface area contributed by atoms with Crippen molar-refractivity contribution in [1.29, 1.82) is 5.26 Å². The van der Waals surface area contributed by atoms with E-state index in [0.717, 1.165) is 51.6 Å². The minimum Gasteiger partial charge on any atom is -0.488 e. The molecule has 0 radical (unpaired) electrons. The molecule has 184 valence electrons. The first-order valence-corrected chi connectivity index (χ1v) is 12.2. The van der Waals surface area contributed by atoms with Crippen molar-refractivity contribution in [3.63, 3.8) is 0 Å². The second-order valence-electron chi connectivity index (χ2n) is 9.55. The number of nitrogen functional groups attached to an aromatic ring is 1. The molecule has 1 aliphatic heterocycles. The fourth-order valence-electron chi connectivity index (χ4n) is 4.31. The van der Waals surface area contributed by atoms with E-state index >= 15 is 0 Å². The van der Waals surface area contributed by atoms with E-state index in [1.54, 1.807) is 12.3 Å². The lowest BCUT2D eigenvalue weighted by Crippen LogP contribution is -2.40. The van der Waals surface area contributed by atoms with E-state index in [2.05, 4.69) is 36.2 Å². The summed E-state index contributed by atoms with van der Waals surface area (Å²) >= 11 is 0. The van der Waals surface area contributed by atoms with Gasteiger partial charge in [0.05, 0.1) is 31.4 Å². The molecule has 0 bridgehead atoms. The van der Waals surface area contributed by atoms with E-state index in [4.69, 9.17) is 20.5 Å². The number of nitrogens with one attached hydrogen (secondary N) is 1. The monoisotopic (exact) mass is 478 g/mol. The van der Waals surface area contributed by atoms with Crippen LogP contribution in [0.1, 0.15) is 49.0 Å². The molecule has 3 aliphatic rings. The van der Waals surface area contributed by atoms with E-state index < -0.39 is 0 Å². The highest BCUT2D eigenvalue weighted by atomic mass is 16.5. The van der Waals surface area contributed by atoms with Crippen LogP contribution < -0.4 is 25.4 Å². The molecular formula is C24H30N8O3. The Labute approximate surface area is 204 Å². The summed E-state index contributed by atoms with van der Waals surface area (Å²) in [7, 11) is 0. The van der Waals surface area contributed by atoms with E-state index in [0.29, 0.717) is 42.2 Å². The van der Waals surface area contributed by atoms with Crippen LogP contribution in [0.15, 0.2) is 18.6 Å². The first kappa shape index (κ1) is 23.1. The van der Waals surface area contributed by atoms with Gasteiger partial charge in [-0.25, -0.2) is 9.97 Å². The Kier molecular flexibility index (Phi) is 6.79. The van der Waals surface area contributed by atoms with Crippen molar-refractivity contribution in [2.75, 3.05) is 36.9 Å². The molecule has 2 aromatic rings. The molecule has 1 amide bonds. The van der Waals surface area contributed by atoms with Gasteiger partial charge in [-0.15, -0.1) is 0 Å². The van der Waals surface area contributed by atoms with Gasteiger partial charge < -0.3 is 25.4 Å². The molecule has 1 unspecified atom stereocenters. The van der Waals surface area contributed by atoms with Gasteiger partial charge in [0.25, 0.3) is 5.91 Å². The summed E-state index contributed by atoms with van der Waals surface area (Å²) in [6, 6.07) is 4.41. The largest absolute Gasteiger partial charge is 0.488 e. The maximum absolute atomic E-state index is 12.8. The van der Waals surface area contributed by atoms with Crippen molar-refractivity contribution in [1.82, 2.24) is 25.3 Å². The molecule has 35 heavy (non-hydrogen) atoms. The van der Waals surface area contributed by atoms with Crippen LogP contribution in [0.4, 0.5) is 11.6 Å². The Morgan fingerprint density at radius 1 is 1.20 bits per heavy atom. The zero-order chi connectivity index (χ0) is 24.2. The molecule has 0 aromatic carbocycles. The quantitative estimate of drug-likeness (QED) is 0.547. The minimum absolute atomic E-state index is 0.0404. The smallest absolute Gasteiger partial charge is 0.319 e. The molecule has 11 nitrogen and oxygen atoms in total. The van der Waals surface area contributed by atoms with Gasteiger partial charge in [-0.3, -0.25) is 4.79 Å². The molecule has 3 fully saturated rings. The van der Waals surface area contributed by atoms with Crippen LogP contribution in [0.2, 0.25) is 0 Å². The van der Waals surface area contributed by atoms with Crippen LogP contribution in [0.5, 0.6) is 11.8 Å². The fourth-order valence-corrected chi connectivity index (χ4v) is 4.31. The van der Waals surface area contributed by atoms with Crippen LogP contribution in [0, 0.1) is 29.1 Å². The van der Waals surface area contributed by atoms with Crippen molar-refractivity contribution in [3.8, 4) is 17.8 Å². The van der Waals surface area contributed by atoms with E-state index in [1.165, 1.54) is 6.33 Å². The number of amides is 1. The molecule has 5 rings (SSSR count). The number of carbonyl (C=O) groups is 1. The number of anilines is 2. The summed E-state index contributed by atoms with van der Waals surface area (Å²) in [6.07, 6.45) is 8.76. The SMILES string of the molecule is N#CC1C[C@@H]1COc1nc(C(=O)NC2CCC2)cc(N2CCC(COc3cncnc3N)CC2)n1. The number of rotatable bonds is 9. The number of nitrogens with two attached hydrogens (primary N) is 1. The molecule has 3 heterocycles. The molecular weight excluding hydrogens is 448 g/mol. The van der Waals surface area contributed by atoms with Crippen molar-refractivity contribution in [3.05, 3.63) is 24.3 Å². The Morgan fingerprint density at radius 3 is 2.71 bits per heavy atom. The maximum atomic E-state index is 12.8. The van der Waals surface area contributed by atoms with E-state index in [1.807, 2.05) is 0 Å². The minimum atomic E-state index is -0.199. The molecule has 11 heteroatoms. The van der Waals surface area contributed by atoms with Crippen LogP contribution in [0.25, 0.3) is 0 Å². The van der Waals surface area contributed by atoms with Gasteiger partial charge in [0.2, 0.25) is 0 Å². The van der Waals surface area contributed by atoms with Gasteiger partial charge in [0.15, 0.2) is 11.6 Å². The zero-order valence-corrected chi connectivity index (χ0v) is 19.6. The number of carbonyl (C=O) groups excluding carboxylic acids is 1. The van der Waals surface area contributed by atoms with Crippen molar-refractivity contribution >= 4 is 17.5 Å². The van der Waals surface area contributed by atoms with Crippen LogP contribution in [-0.4, -0.2) is 58.2 Å². The third-order valence-electron chi connectivity index (χ3n) is 7.00. The van der Waals surface area contributed by atoms with Crippen LogP contribution in [-0.2, 0) is 0 Å². The second-order valence-corrected chi connectivity index (χ2v) is 9.55. The lowest BCUT2D eigenvalue weighted by atomic mass is 9.93. The highest BCUT2D eigenvalue weighted by molar-refractivity contribution is 5.93. The third kappa shape index (κ3) is 5.70. The number of aromatic nitrogens is 4. The summed E-state index contributed by atoms with van der Waals surface area (Å²) in [4.78, 5) is 31.9. The number of nitriles is 1. The summed E-state index contributed by atoms with van der Waals surface area (Å²) < 4.78 is 11.7. The van der Waals surface area contributed by atoms with Crippen molar-refractivity contribution in [2.45, 2.75) is 44.6 Å². The molecule has 0 spiro atoms. The number of hydrogen-bond acceptors (Lipinski definition) is 10. The van der Waals surface area contributed by atoms with Gasteiger partial charge in [-0.05, 0) is 44.4 Å². The first-order valence-electron chi connectivity index (χ1n) is 12.2. The lowest BCUT2D eigenvalue weighted by molar-refractivity contribution is 0.0910. The molecule has 2 aromatic heterocycles. The fraction of sp³-hybridized carbons (Fsp3) is 0.583. The van der Waals surface area contributed by atoms with Crippen molar-refractivity contribution < 1.29 is 14.3 Å². The van der Waals surface area contributed by atoms with Gasteiger partial charge in [-0.2, -0.15) is 15.2 Å². The normalized spacial score (nSPS) is 22.1. The average Bonchev–Trinajstić information content (AvgIpc) is 3.63. The van der Waals surface area contributed by atoms with Gasteiger partial charge >= 0.3 is 6.01 Å². The Bertz CT molecular complexity index is 1090. The Hall–Kier alpha value is -3.68.